The number of nitrogens with zero attached hydrogens (tertiary/aromatic N) is 2. The van der Waals surface area contributed by atoms with Crippen LogP contribution in [0.5, 0.6) is 0 Å². The number of amides is 1. The van der Waals surface area contributed by atoms with Crippen LogP contribution in [0.4, 0.5) is 0 Å². The molecule has 2 heterocycles. The molecule has 2 aliphatic rings. The Kier molecular flexibility index (Phi) is 6.19. The lowest BCUT2D eigenvalue weighted by Crippen LogP contribution is -2.43. The quantitative estimate of drug-likeness (QED) is 0.728. The summed E-state index contributed by atoms with van der Waals surface area (Å²) >= 11 is 12.2. The Hall–Kier alpha value is -1.62. The van der Waals surface area contributed by atoms with Gasteiger partial charge in [0.25, 0.3) is 0 Å². The molecule has 1 saturated carbocycles. The zero-order valence-corrected chi connectivity index (χ0v) is 17.3. The van der Waals surface area contributed by atoms with Crippen LogP contribution in [0.25, 0.3) is 0 Å². The number of rotatable bonds is 6. The summed E-state index contributed by atoms with van der Waals surface area (Å²) in [5.41, 5.74) is 2.12. The van der Waals surface area contributed by atoms with Gasteiger partial charge in [-0.2, -0.15) is 0 Å². The van der Waals surface area contributed by atoms with Gasteiger partial charge in [0.2, 0.25) is 5.91 Å². The fourth-order valence-corrected chi connectivity index (χ4v) is 4.33. The van der Waals surface area contributed by atoms with E-state index in [-0.39, 0.29) is 17.9 Å². The van der Waals surface area contributed by atoms with Crippen molar-refractivity contribution in [3.63, 3.8) is 0 Å². The van der Waals surface area contributed by atoms with Crippen molar-refractivity contribution in [1.29, 1.82) is 0 Å². The first-order valence-corrected chi connectivity index (χ1v) is 10.7. The molecule has 1 aliphatic carbocycles. The van der Waals surface area contributed by atoms with E-state index in [1.165, 1.54) is 0 Å². The van der Waals surface area contributed by atoms with Gasteiger partial charge in [-0.25, -0.2) is 0 Å². The minimum atomic E-state index is -0.0362. The van der Waals surface area contributed by atoms with E-state index in [1.807, 2.05) is 42.6 Å². The van der Waals surface area contributed by atoms with E-state index >= 15 is 0 Å². The minimum absolute atomic E-state index is 0.0362. The molecule has 148 valence electrons. The average Bonchev–Trinajstić information content (AvgIpc) is 3.55. The Morgan fingerprint density at radius 2 is 2.04 bits per heavy atom. The molecule has 0 bridgehead atoms. The maximum absolute atomic E-state index is 12.5. The standard InChI is InChI=1S/C22H25Cl2N3O/c23-18-9-6-15(12-19(18)24)13-27-11-3-4-17(14-27)21(20-5-1-2-10-25-20)26-22(28)16-7-8-16/h1-2,5-6,9-10,12,16-17,21H,3-4,7-8,11,13-14H2,(H,26,28)/t17-,21+/m1/s1. The lowest BCUT2D eigenvalue weighted by atomic mass is 9.88. The highest BCUT2D eigenvalue weighted by Crippen LogP contribution is 2.34. The molecular weight excluding hydrogens is 393 g/mol. The van der Waals surface area contributed by atoms with Crippen molar-refractivity contribution in [1.82, 2.24) is 15.2 Å². The molecule has 2 fully saturated rings. The van der Waals surface area contributed by atoms with Gasteiger partial charge >= 0.3 is 0 Å². The van der Waals surface area contributed by atoms with E-state index < -0.39 is 0 Å². The van der Waals surface area contributed by atoms with Crippen molar-refractivity contribution >= 4 is 29.1 Å². The molecule has 2 atom stereocenters. The number of piperidine rings is 1. The first-order chi connectivity index (χ1) is 13.6. The molecule has 1 N–H and O–H groups in total. The molecule has 4 nitrogen and oxygen atoms in total. The van der Waals surface area contributed by atoms with Crippen LogP contribution in [0, 0.1) is 11.8 Å². The number of likely N-dealkylation sites (tertiary alicyclic amines) is 1. The third-order valence-corrected chi connectivity index (χ3v) is 6.39. The highest BCUT2D eigenvalue weighted by atomic mass is 35.5. The van der Waals surface area contributed by atoms with Gasteiger partial charge in [-0.3, -0.25) is 14.7 Å². The number of hydrogen-bond acceptors (Lipinski definition) is 3. The lowest BCUT2D eigenvalue weighted by Gasteiger charge is -2.37. The second-order valence-electron chi connectivity index (χ2n) is 7.90. The molecule has 1 aromatic heterocycles. The molecule has 0 unspecified atom stereocenters. The molecule has 6 heteroatoms. The Balaban J connectivity index is 1.47. The Labute approximate surface area is 176 Å². The zero-order valence-electron chi connectivity index (χ0n) is 15.8. The third-order valence-electron chi connectivity index (χ3n) is 5.66. The first-order valence-electron chi connectivity index (χ1n) is 9.98. The molecule has 2 aromatic rings. The fraction of sp³-hybridized carbons (Fsp3) is 0.455. The van der Waals surface area contributed by atoms with Crippen molar-refractivity contribution in [2.45, 2.75) is 38.3 Å². The van der Waals surface area contributed by atoms with Crippen LogP contribution in [0.1, 0.15) is 43.0 Å². The summed E-state index contributed by atoms with van der Waals surface area (Å²) in [6, 6.07) is 11.7. The second-order valence-corrected chi connectivity index (χ2v) is 8.72. The number of halogens is 2. The smallest absolute Gasteiger partial charge is 0.223 e. The van der Waals surface area contributed by atoms with Crippen molar-refractivity contribution in [2.75, 3.05) is 13.1 Å². The van der Waals surface area contributed by atoms with Crippen molar-refractivity contribution < 1.29 is 4.79 Å². The maximum Gasteiger partial charge on any atom is 0.223 e. The van der Waals surface area contributed by atoms with Crippen molar-refractivity contribution in [3.8, 4) is 0 Å². The van der Waals surface area contributed by atoms with Crippen LogP contribution < -0.4 is 5.32 Å². The molecule has 28 heavy (non-hydrogen) atoms. The van der Waals surface area contributed by atoms with Gasteiger partial charge in [0.1, 0.15) is 0 Å². The molecule has 1 amide bonds. The average molecular weight is 418 g/mol. The lowest BCUT2D eigenvalue weighted by molar-refractivity contribution is -0.123. The van der Waals surface area contributed by atoms with E-state index in [4.69, 9.17) is 23.2 Å². The van der Waals surface area contributed by atoms with Crippen molar-refractivity contribution in [3.05, 3.63) is 63.9 Å². The number of hydrogen-bond donors (Lipinski definition) is 1. The molecular formula is C22H25Cl2N3O. The summed E-state index contributed by atoms with van der Waals surface area (Å²) in [5, 5.41) is 4.48. The zero-order chi connectivity index (χ0) is 19.5. The topological polar surface area (TPSA) is 45.2 Å². The predicted molar refractivity (Wildman–Crippen MR) is 112 cm³/mol. The molecule has 1 aromatic carbocycles. The summed E-state index contributed by atoms with van der Waals surface area (Å²) in [4.78, 5) is 19.5. The highest BCUT2D eigenvalue weighted by Gasteiger charge is 2.35. The number of benzene rings is 1. The summed E-state index contributed by atoms with van der Waals surface area (Å²) in [5.74, 6) is 0.716. The monoisotopic (exact) mass is 417 g/mol. The molecule has 1 saturated heterocycles. The number of carbonyl (C=O) groups excluding carboxylic acids is 1. The van der Waals surface area contributed by atoms with Gasteiger partial charge in [-0.15, -0.1) is 0 Å². The number of nitrogens with one attached hydrogen (secondary N) is 1. The predicted octanol–water partition coefficient (Wildman–Crippen LogP) is 4.87. The summed E-state index contributed by atoms with van der Waals surface area (Å²) in [7, 11) is 0. The number of pyridine rings is 1. The van der Waals surface area contributed by atoms with Crippen LogP contribution in [-0.4, -0.2) is 28.9 Å². The van der Waals surface area contributed by atoms with Crippen LogP contribution in [0.2, 0.25) is 10.0 Å². The first kappa shape index (κ1) is 19.7. The molecule has 1 aliphatic heterocycles. The van der Waals surface area contributed by atoms with Crippen LogP contribution in [-0.2, 0) is 11.3 Å². The van der Waals surface area contributed by atoms with Crippen molar-refractivity contribution in [2.24, 2.45) is 11.8 Å². The van der Waals surface area contributed by atoms with Gasteiger partial charge in [0.15, 0.2) is 0 Å². The van der Waals surface area contributed by atoms with E-state index in [2.05, 4.69) is 15.2 Å². The Morgan fingerprint density at radius 1 is 1.18 bits per heavy atom. The largest absolute Gasteiger partial charge is 0.347 e. The van der Waals surface area contributed by atoms with Gasteiger partial charge < -0.3 is 5.32 Å². The van der Waals surface area contributed by atoms with E-state index in [0.717, 1.165) is 56.6 Å². The summed E-state index contributed by atoms with van der Waals surface area (Å²) in [6.45, 7) is 2.80. The molecule has 4 rings (SSSR count). The minimum Gasteiger partial charge on any atom is -0.347 e. The normalized spacial score (nSPS) is 21.3. The van der Waals surface area contributed by atoms with Gasteiger partial charge in [-0.1, -0.05) is 35.3 Å². The van der Waals surface area contributed by atoms with E-state index in [0.29, 0.717) is 16.0 Å². The summed E-state index contributed by atoms with van der Waals surface area (Å²) in [6.07, 6.45) is 6.02. The maximum atomic E-state index is 12.5. The second kappa shape index (κ2) is 8.81. The third kappa shape index (κ3) is 4.86. The summed E-state index contributed by atoms with van der Waals surface area (Å²) < 4.78 is 0. The van der Waals surface area contributed by atoms with Crippen LogP contribution >= 0.6 is 23.2 Å². The molecule has 0 spiro atoms. The number of carbonyl (C=O) groups is 1. The van der Waals surface area contributed by atoms with Crippen LogP contribution in [0.3, 0.4) is 0 Å². The molecule has 0 radical (unpaired) electrons. The van der Waals surface area contributed by atoms with E-state index in [9.17, 15) is 4.79 Å². The number of aromatic nitrogens is 1. The van der Waals surface area contributed by atoms with E-state index in [1.54, 1.807) is 0 Å². The highest BCUT2D eigenvalue weighted by molar-refractivity contribution is 6.42. The SMILES string of the molecule is O=C(N[C@H](c1ccccn1)[C@@H]1CCCN(Cc2ccc(Cl)c(Cl)c2)C1)C1CC1. The fourth-order valence-electron chi connectivity index (χ4n) is 4.01. The van der Waals surface area contributed by atoms with Gasteiger partial charge in [0.05, 0.1) is 21.8 Å². The van der Waals surface area contributed by atoms with Crippen LogP contribution in [0.15, 0.2) is 42.6 Å². The van der Waals surface area contributed by atoms with Gasteiger partial charge in [0, 0.05) is 25.2 Å². The Morgan fingerprint density at radius 3 is 2.75 bits per heavy atom. The Bertz CT molecular complexity index is 826. The van der Waals surface area contributed by atoms with Gasteiger partial charge in [-0.05, 0) is 68.0 Å².